The Morgan fingerprint density at radius 1 is 0.459 bits per heavy atom. The molecule has 8 rings (SSSR count). The highest BCUT2D eigenvalue weighted by atomic mass is 16.5. The predicted octanol–water partition coefficient (Wildman–Crippen LogP) is 9.25. The van der Waals surface area contributed by atoms with Crippen molar-refractivity contribution in [2.75, 3.05) is 4.90 Å². The summed E-state index contributed by atoms with van der Waals surface area (Å²) in [4.78, 5) is 6.78. The van der Waals surface area contributed by atoms with Gasteiger partial charge in [-0.3, -0.25) is 4.90 Å². The zero-order valence-corrected chi connectivity index (χ0v) is 19.8. The topological polar surface area (TPSA) is 34.6 Å². The fourth-order valence-electron chi connectivity index (χ4n) is 5.50. The van der Waals surface area contributed by atoms with E-state index in [2.05, 4.69) is 76.6 Å². The number of hydrogen-bond donors (Lipinski definition) is 0. The number of benzene rings is 5. The van der Waals surface area contributed by atoms with E-state index in [1.165, 1.54) is 5.56 Å². The van der Waals surface area contributed by atoms with Crippen LogP contribution in [0.1, 0.15) is 0 Å². The summed E-state index contributed by atoms with van der Waals surface area (Å²) in [6, 6.07) is 39.2. The number of aromatic nitrogens is 1. The molecule has 0 saturated carbocycles. The average molecular weight is 477 g/mol. The molecule has 2 aliphatic rings. The lowest BCUT2D eigenvalue weighted by Gasteiger charge is -2.29. The van der Waals surface area contributed by atoms with Gasteiger partial charge in [-0.1, -0.05) is 42.5 Å². The Bertz CT molecular complexity index is 1790. The number of nitrogens with zero attached hydrogens (tertiary/aromatic N) is 2. The summed E-state index contributed by atoms with van der Waals surface area (Å²) in [5.74, 6) is 4.26. The molecule has 0 saturated heterocycles. The van der Waals surface area contributed by atoms with E-state index < -0.39 is 0 Å². The molecule has 37 heavy (non-hydrogen) atoms. The normalized spacial score (nSPS) is 12.2. The van der Waals surface area contributed by atoms with Crippen LogP contribution in [0.5, 0.6) is 23.0 Å². The molecule has 0 aliphatic carbocycles. The molecule has 0 amide bonds. The van der Waals surface area contributed by atoms with Gasteiger partial charge in [-0.05, 0) is 77.9 Å². The lowest BCUT2D eigenvalue weighted by molar-refractivity contribution is 0.480. The van der Waals surface area contributed by atoms with Gasteiger partial charge in [0, 0.05) is 39.8 Å². The van der Waals surface area contributed by atoms with Gasteiger partial charge in [-0.15, -0.1) is 0 Å². The highest BCUT2D eigenvalue weighted by molar-refractivity contribution is 6.14. The Hall–Kier alpha value is -5.09. The zero-order valence-electron chi connectivity index (χ0n) is 19.8. The molecule has 0 N–H and O–H groups in total. The van der Waals surface area contributed by atoms with E-state index in [1.54, 1.807) is 0 Å². The number of rotatable bonds is 3. The molecule has 2 aliphatic heterocycles. The van der Waals surface area contributed by atoms with Crippen molar-refractivity contribution in [2.24, 2.45) is 0 Å². The van der Waals surface area contributed by atoms with E-state index in [9.17, 15) is 0 Å². The van der Waals surface area contributed by atoms with Crippen LogP contribution in [0, 0.1) is 0 Å². The second-order valence-electron chi connectivity index (χ2n) is 9.21. The minimum atomic E-state index is 0.821. The SMILES string of the molecule is c1ccc(N(c2ccc3c(c2)Oc2ccc4c5c(ccc-3c25)Oc2ccccc2-4)c2ccccn2)cc1. The predicted molar refractivity (Wildman–Crippen MR) is 147 cm³/mol. The quantitative estimate of drug-likeness (QED) is 0.254. The highest BCUT2D eigenvalue weighted by Gasteiger charge is 2.28. The first-order valence-corrected chi connectivity index (χ1v) is 12.3. The number of para-hydroxylation sites is 2. The van der Waals surface area contributed by atoms with Gasteiger partial charge in [0.05, 0.1) is 5.69 Å². The van der Waals surface area contributed by atoms with E-state index in [1.807, 2.05) is 54.7 Å². The fraction of sp³-hybridized carbons (Fsp3) is 0. The molecular formula is C33H20N2O2. The van der Waals surface area contributed by atoms with Crippen molar-refractivity contribution < 1.29 is 9.47 Å². The molecule has 4 nitrogen and oxygen atoms in total. The lowest BCUT2D eigenvalue weighted by atomic mass is 9.88. The largest absolute Gasteiger partial charge is 0.456 e. The molecular weight excluding hydrogens is 456 g/mol. The summed E-state index contributed by atoms with van der Waals surface area (Å²) in [6.45, 7) is 0. The van der Waals surface area contributed by atoms with Gasteiger partial charge in [0.25, 0.3) is 0 Å². The van der Waals surface area contributed by atoms with Crippen LogP contribution in [0.25, 0.3) is 33.0 Å². The fourth-order valence-corrected chi connectivity index (χ4v) is 5.50. The maximum Gasteiger partial charge on any atom is 0.137 e. The molecule has 174 valence electrons. The first-order chi connectivity index (χ1) is 18.3. The minimum Gasteiger partial charge on any atom is -0.456 e. The lowest BCUT2D eigenvalue weighted by Crippen LogP contribution is -2.11. The summed E-state index contributed by atoms with van der Waals surface area (Å²) in [6.07, 6.45) is 1.82. The molecule has 0 spiro atoms. The maximum atomic E-state index is 6.58. The van der Waals surface area contributed by atoms with Crippen molar-refractivity contribution in [2.45, 2.75) is 0 Å². The van der Waals surface area contributed by atoms with E-state index in [-0.39, 0.29) is 0 Å². The monoisotopic (exact) mass is 476 g/mol. The Morgan fingerprint density at radius 2 is 1.11 bits per heavy atom. The first kappa shape index (κ1) is 20.1. The average Bonchev–Trinajstić information content (AvgIpc) is 2.96. The van der Waals surface area contributed by atoms with Crippen molar-refractivity contribution in [1.29, 1.82) is 0 Å². The van der Waals surface area contributed by atoms with Gasteiger partial charge in [-0.2, -0.15) is 0 Å². The van der Waals surface area contributed by atoms with Crippen molar-refractivity contribution >= 4 is 28.0 Å². The minimum absolute atomic E-state index is 0.821. The van der Waals surface area contributed by atoms with Crippen molar-refractivity contribution in [3.8, 4) is 45.3 Å². The molecule has 5 aromatic carbocycles. The Balaban J connectivity index is 1.31. The van der Waals surface area contributed by atoms with Crippen LogP contribution in [0.2, 0.25) is 0 Å². The van der Waals surface area contributed by atoms with Crippen LogP contribution in [-0.2, 0) is 0 Å². The van der Waals surface area contributed by atoms with Crippen molar-refractivity contribution in [3.05, 3.63) is 121 Å². The van der Waals surface area contributed by atoms with Gasteiger partial charge in [0.1, 0.15) is 28.8 Å². The summed E-state index contributed by atoms with van der Waals surface area (Å²) in [7, 11) is 0. The van der Waals surface area contributed by atoms with E-state index in [0.717, 1.165) is 67.7 Å². The van der Waals surface area contributed by atoms with Crippen LogP contribution in [0.3, 0.4) is 0 Å². The summed E-state index contributed by atoms with van der Waals surface area (Å²) in [5, 5.41) is 2.19. The van der Waals surface area contributed by atoms with Crippen LogP contribution in [0.4, 0.5) is 17.2 Å². The highest BCUT2D eigenvalue weighted by Crippen LogP contribution is 2.55. The number of ether oxygens (including phenoxy) is 2. The van der Waals surface area contributed by atoms with Crippen LogP contribution in [-0.4, -0.2) is 4.98 Å². The Kier molecular flexibility index (Phi) is 4.19. The molecule has 0 atom stereocenters. The number of pyridine rings is 1. The molecule has 0 bridgehead atoms. The standard InChI is InChI=1S/C33H20N2O2/c1-2-8-21(9-3-1)35(31-12-6-7-19-34-31)22-13-14-24-26-16-17-28-32-25(23-10-4-5-11-27(23)36-28)15-18-29(33(26)32)37-30(24)20-22/h1-20H. The van der Waals surface area contributed by atoms with E-state index in [4.69, 9.17) is 9.47 Å². The second kappa shape index (κ2) is 7.70. The summed E-state index contributed by atoms with van der Waals surface area (Å²) in [5.41, 5.74) is 6.50. The molecule has 0 fully saturated rings. The zero-order chi connectivity index (χ0) is 24.3. The molecule has 4 heteroatoms. The molecule has 0 radical (unpaired) electrons. The Labute approximate surface area is 214 Å². The van der Waals surface area contributed by atoms with E-state index >= 15 is 0 Å². The third kappa shape index (κ3) is 2.99. The smallest absolute Gasteiger partial charge is 0.137 e. The van der Waals surface area contributed by atoms with Gasteiger partial charge >= 0.3 is 0 Å². The first-order valence-electron chi connectivity index (χ1n) is 12.3. The molecule has 0 unspecified atom stereocenters. The molecule has 1 aromatic heterocycles. The van der Waals surface area contributed by atoms with Crippen LogP contribution in [0.15, 0.2) is 121 Å². The third-order valence-electron chi connectivity index (χ3n) is 7.11. The van der Waals surface area contributed by atoms with Crippen LogP contribution < -0.4 is 14.4 Å². The van der Waals surface area contributed by atoms with Crippen LogP contribution >= 0.6 is 0 Å². The van der Waals surface area contributed by atoms with Gasteiger partial charge < -0.3 is 9.47 Å². The number of fused-ring (bicyclic) bond motifs is 4. The third-order valence-corrected chi connectivity index (χ3v) is 7.11. The van der Waals surface area contributed by atoms with Gasteiger partial charge in [-0.25, -0.2) is 4.98 Å². The van der Waals surface area contributed by atoms with Gasteiger partial charge in [0.15, 0.2) is 0 Å². The summed E-state index contributed by atoms with van der Waals surface area (Å²) >= 11 is 0. The number of hydrogen-bond acceptors (Lipinski definition) is 4. The van der Waals surface area contributed by atoms with E-state index in [0.29, 0.717) is 0 Å². The van der Waals surface area contributed by atoms with Gasteiger partial charge in [0.2, 0.25) is 0 Å². The summed E-state index contributed by atoms with van der Waals surface area (Å²) < 4.78 is 12.9. The maximum absolute atomic E-state index is 6.58. The number of anilines is 3. The molecule has 3 heterocycles. The van der Waals surface area contributed by atoms with Crippen molar-refractivity contribution in [3.63, 3.8) is 0 Å². The Morgan fingerprint density at radius 3 is 1.86 bits per heavy atom. The molecule has 6 aromatic rings. The van der Waals surface area contributed by atoms with Crippen molar-refractivity contribution in [1.82, 2.24) is 4.98 Å². The second-order valence-corrected chi connectivity index (χ2v) is 9.21.